The van der Waals surface area contributed by atoms with E-state index in [0.717, 1.165) is 24.9 Å². The zero-order chi connectivity index (χ0) is 19.5. The lowest BCUT2D eigenvalue weighted by Crippen LogP contribution is -2.38. The monoisotopic (exact) mass is 392 g/mol. The fourth-order valence-electron chi connectivity index (χ4n) is 5.17. The van der Waals surface area contributed by atoms with E-state index in [-0.39, 0.29) is 0 Å². The van der Waals surface area contributed by atoms with E-state index in [1.54, 1.807) is 0 Å². The Morgan fingerprint density at radius 1 is 0.586 bits per heavy atom. The van der Waals surface area contributed by atoms with Gasteiger partial charge in [0, 0.05) is 73.7 Å². The molecule has 1 aliphatic carbocycles. The average Bonchev–Trinajstić information content (AvgIpc) is 3.53. The van der Waals surface area contributed by atoms with Gasteiger partial charge in [0.1, 0.15) is 0 Å². The Morgan fingerprint density at radius 3 is 1.34 bits per heavy atom. The summed E-state index contributed by atoms with van der Waals surface area (Å²) in [5.74, 6) is 1.66. The highest BCUT2D eigenvalue weighted by molar-refractivity contribution is 5.44. The van der Waals surface area contributed by atoms with Crippen LogP contribution in [0.2, 0.25) is 0 Å². The van der Waals surface area contributed by atoms with Crippen LogP contribution in [0.15, 0.2) is 49.1 Å². The zero-order valence-electron chi connectivity index (χ0n) is 17.8. The molecule has 2 aliphatic heterocycles. The highest BCUT2D eigenvalue weighted by atomic mass is 15.1. The molecule has 2 atom stereocenters. The maximum atomic E-state index is 2.54. The van der Waals surface area contributed by atoms with Gasteiger partial charge in [0.2, 0.25) is 0 Å². The Bertz CT molecular complexity index is 706. The molecule has 3 aliphatic rings. The first-order chi connectivity index (χ1) is 14.3. The molecule has 29 heavy (non-hydrogen) atoms. The summed E-state index contributed by atoms with van der Waals surface area (Å²) in [4.78, 5) is 5.08. The van der Waals surface area contributed by atoms with Crippen molar-refractivity contribution >= 4 is 11.4 Å². The van der Waals surface area contributed by atoms with Crippen LogP contribution in [0.5, 0.6) is 0 Å². The van der Waals surface area contributed by atoms with Gasteiger partial charge in [-0.3, -0.25) is 0 Å². The number of nitrogens with zero attached hydrogens (tertiary/aromatic N) is 4. The number of aromatic nitrogens is 2. The van der Waals surface area contributed by atoms with Crippen molar-refractivity contribution in [2.45, 2.75) is 58.0 Å². The third-order valence-electron chi connectivity index (χ3n) is 7.15. The van der Waals surface area contributed by atoms with E-state index in [0.29, 0.717) is 0 Å². The van der Waals surface area contributed by atoms with E-state index < -0.39 is 0 Å². The predicted octanol–water partition coefficient (Wildman–Crippen LogP) is 3.58. The molecule has 0 spiro atoms. The molecular formula is C25H36N4+2. The van der Waals surface area contributed by atoms with Crippen molar-refractivity contribution in [3.05, 3.63) is 49.1 Å². The number of piperidine rings is 2. The Hall–Kier alpha value is -2.10. The summed E-state index contributed by atoms with van der Waals surface area (Å²) in [5, 5.41) is 0. The van der Waals surface area contributed by atoms with Gasteiger partial charge in [0.25, 0.3) is 0 Å². The summed E-state index contributed by atoms with van der Waals surface area (Å²) in [6.45, 7) is 7.23. The van der Waals surface area contributed by atoms with Crippen LogP contribution in [0.3, 0.4) is 0 Å². The second kappa shape index (κ2) is 8.73. The summed E-state index contributed by atoms with van der Waals surface area (Å²) < 4.78 is 4.78. The average molecular weight is 393 g/mol. The molecule has 154 valence electrons. The molecule has 0 aromatic carbocycles. The van der Waals surface area contributed by atoms with E-state index in [1.807, 2.05) is 0 Å². The second-order valence-electron chi connectivity index (χ2n) is 9.36. The molecule has 0 radical (unpaired) electrons. The van der Waals surface area contributed by atoms with Crippen molar-refractivity contribution in [3.63, 3.8) is 0 Å². The third-order valence-corrected chi connectivity index (χ3v) is 7.15. The lowest BCUT2D eigenvalue weighted by Gasteiger charge is -2.28. The normalized spacial score (nSPS) is 24.6. The van der Waals surface area contributed by atoms with Gasteiger partial charge in [-0.2, -0.15) is 0 Å². The lowest BCUT2D eigenvalue weighted by atomic mass is 10.1. The van der Waals surface area contributed by atoms with Crippen LogP contribution in [0, 0.1) is 11.8 Å². The van der Waals surface area contributed by atoms with Gasteiger partial charge in [0.15, 0.2) is 37.9 Å². The van der Waals surface area contributed by atoms with Crippen molar-refractivity contribution < 1.29 is 9.13 Å². The maximum absolute atomic E-state index is 2.54. The minimum Gasteiger partial charge on any atom is -0.371 e. The molecule has 5 rings (SSSR count). The highest BCUT2D eigenvalue weighted by Gasteiger charge is 2.42. The van der Waals surface area contributed by atoms with Crippen molar-refractivity contribution in [1.29, 1.82) is 0 Å². The fraction of sp³-hybridized carbons (Fsp3) is 0.600. The number of rotatable bonds is 6. The van der Waals surface area contributed by atoms with Crippen LogP contribution in [0.1, 0.15) is 44.9 Å². The Balaban J connectivity index is 1.11. The molecular weight excluding hydrogens is 356 g/mol. The van der Waals surface area contributed by atoms with Gasteiger partial charge in [-0.1, -0.05) is 0 Å². The van der Waals surface area contributed by atoms with E-state index >= 15 is 0 Å². The molecule has 1 saturated carbocycles. The molecule has 4 heteroatoms. The van der Waals surface area contributed by atoms with Gasteiger partial charge in [0.05, 0.1) is 0 Å². The van der Waals surface area contributed by atoms with Crippen LogP contribution in [0.25, 0.3) is 0 Å². The molecule has 2 saturated heterocycles. The van der Waals surface area contributed by atoms with Gasteiger partial charge >= 0.3 is 0 Å². The second-order valence-corrected chi connectivity index (χ2v) is 9.36. The SMILES string of the molecule is c1c[n+](C[C@H]2C[C@@H]2C[n+]2ccc(N3CCCCC3)cc2)ccc1N1CCCCC1. The lowest BCUT2D eigenvalue weighted by molar-refractivity contribution is -0.709. The number of hydrogen-bond acceptors (Lipinski definition) is 2. The summed E-state index contributed by atoms with van der Waals surface area (Å²) in [5.41, 5.74) is 2.80. The summed E-state index contributed by atoms with van der Waals surface area (Å²) >= 11 is 0. The van der Waals surface area contributed by atoms with Crippen LogP contribution in [-0.2, 0) is 13.1 Å². The maximum Gasteiger partial charge on any atom is 0.170 e. The van der Waals surface area contributed by atoms with Crippen LogP contribution < -0.4 is 18.9 Å². The molecule has 2 aromatic rings. The molecule has 4 nitrogen and oxygen atoms in total. The topological polar surface area (TPSA) is 14.2 Å². The van der Waals surface area contributed by atoms with Crippen LogP contribution in [-0.4, -0.2) is 26.2 Å². The molecule has 3 fully saturated rings. The van der Waals surface area contributed by atoms with Gasteiger partial charge in [-0.15, -0.1) is 0 Å². The summed E-state index contributed by atoms with van der Waals surface area (Å²) in [6, 6.07) is 9.26. The minimum atomic E-state index is 0.829. The number of pyridine rings is 2. The summed E-state index contributed by atoms with van der Waals surface area (Å²) in [6.07, 6.45) is 18.7. The molecule has 0 unspecified atom stereocenters. The Labute approximate surface area is 175 Å². The Kier molecular flexibility index (Phi) is 5.69. The zero-order valence-corrected chi connectivity index (χ0v) is 17.8. The van der Waals surface area contributed by atoms with Crippen molar-refractivity contribution in [3.8, 4) is 0 Å². The molecule has 2 aromatic heterocycles. The predicted molar refractivity (Wildman–Crippen MR) is 117 cm³/mol. The minimum absolute atomic E-state index is 0.829. The molecule has 0 bridgehead atoms. The quantitative estimate of drug-likeness (QED) is 0.698. The first-order valence-electron chi connectivity index (χ1n) is 11.8. The van der Waals surface area contributed by atoms with E-state index in [4.69, 9.17) is 0 Å². The number of hydrogen-bond donors (Lipinski definition) is 0. The van der Waals surface area contributed by atoms with Gasteiger partial charge in [-0.25, -0.2) is 9.13 Å². The van der Waals surface area contributed by atoms with Crippen molar-refractivity contribution in [2.24, 2.45) is 11.8 Å². The molecule has 0 N–H and O–H groups in total. The first kappa shape index (κ1) is 18.9. The largest absolute Gasteiger partial charge is 0.371 e. The number of anilines is 2. The fourth-order valence-corrected chi connectivity index (χ4v) is 5.17. The van der Waals surface area contributed by atoms with Gasteiger partial charge < -0.3 is 9.80 Å². The van der Waals surface area contributed by atoms with E-state index in [2.05, 4.69) is 68.0 Å². The molecule has 4 heterocycles. The van der Waals surface area contributed by atoms with E-state index in [9.17, 15) is 0 Å². The van der Waals surface area contributed by atoms with Crippen molar-refractivity contribution in [2.75, 3.05) is 36.0 Å². The van der Waals surface area contributed by atoms with Crippen molar-refractivity contribution in [1.82, 2.24) is 0 Å². The Morgan fingerprint density at radius 2 is 0.966 bits per heavy atom. The van der Waals surface area contributed by atoms with Crippen LogP contribution >= 0.6 is 0 Å². The smallest absolute Gasteiger partial charge is 0.170 e. The van der Waals surface area contributed by atoms with Gasteiger partial charge in [-0.05, 0) is 44.9 Å². The standard InChI is InChI=1S/C25H36N4/c1-3-11-28(12-4-1)24-7-15-26(16-8-24)20-22-19-23(22)21-27-17-9-25(10-18-27)29-13-5-2-6-14-29/h7-10,15-18,22-23H,1-6,11-14,19-21H2/q+2/t22-,23-/m1/s1. The molecule has 0 amide bonds. The first-order valence-corrected chi connectivity index (χ1v) is 11.8. The third kappa shape index (κ3) is 4.73. The van der Waals surface area contributed by atoms with E-state index in [1.165, 1.54) is 82.5 Å². The highest BCUT2D eigenvalue weighted by Crippen LogP contribution is 2.39. The van der Waals surface area contributed by atoms with Crippen LogP contribution in [0.4, 0.5) is 11.4 Å². The summed E-state index contributed by atoms with van der Waals surface area (Å²) in [7, 11) is 0.